The molecule has 0 saturated heterocycles. The molecular formula is C20H29NO4. The Labute approximate surface area is 150 Å². The Bertz CT molecular complexity index is 575. The lowest BCUT2D eigenvalue weighted by Crippen LogP contribution is -2.41. The first-order valence-electron chi connectivity index (χ1n) is 8.48. The van der Waals surface area contributed by atoms with Gasteiger partial charge in [0.15, 0.2) is 0 Å². The summed E-state index contributed by atoms with van der Waals surface area (Å²) in [4.78, 5) is 25.4. The van der Waals surface area contributed by atoms with Crippen LogP contribution in [-0.4, -0.2) is 35.7 Å². The van der Waals surface area contributed by atoms with Crippen LogP contribution in [0.5, 0.6) is 0 Å². The van der Waals surface area contributed by atoms with Crippen LogP contribution in [0.15, 0.2) is 42.5 Å². The van der Waals surface area contributed by atoms with Gasteiger partial charge in [-0.2, -0.15) is 0 Å². The molecule has 5 nitrogen and oxygen atoms in total. The molecule has 1 aromatic carbocycles. The predicted octanol–water partition coefficient (Wildman–Crippen LogP) is 4.32. The van der Waals surface area contributed by atoms with E-state index < -0.39 is 5.60 Å². The van der Waals surface area contributed by atoms with Crippen LogP contribution in [0.4, 0.5) is 4.79 Å². The van der Waals surface area contributed by atoms with Gasteiger partial charge in [0.2, 0.25) is 0 Å². The van der Waals surface area contributed by atoms with Crippen molar-refractivity contribution in [1.82, 2.24) is 4.90 Å². The molecular weight excluding hydrogens is 318 g/mol. The van der Waals surface area contributed by atoms with E-state index in [1.165, 1.54) is 7.11 Å². The zero-order valence-corrected chi connectivity index (χ0v) is 15.8. The summed E-state index contributed by atoms with van der Waals surface area (Å²) >= 11 is 0. The third kappa shape index (κ3) is 8.38. The number of methoxy groups -OCH3 is 1. The molecule has 0 aliphatic heterocycles. The number of rotatable bonds is 7. The maximum Gasteiger partial charge on any atom is 0.410 e. The lowest BCUT2D eigenvalue weighted by atomic mass is 10.1. The number of hydrogen-bond acceptors (Lipinski definition) is 4. The molecule has 0 bridgehead atoms. The summed E-state index contributed by atoms with van der Waals surface area (Å²) in [7, 11) is 1.36. The minimum Gasteiger partial charge on any atom is -0.469 e. The molecule has 0 aliphatic rings. The molecule has 0 aliphatic carbocycles. The minimum atomic E-state index is -0.549. The van der Waals surface area contributed by atoms with Gasteiger partial charge in [0, 0.05) is 12.6 Å². The van der Waals surface area contributed by atoms with Crippen LogP contribution >= 0.6 is 0 Å². The van der Waals surface area contributed by atoms with Crippen molar-refractivity contribution in [1.29, 1.82) is 0 Å². The number of nitrogens with zero attached hydrogens (tertiary/aromatic N) is 1. The average molecular weight is 347 g/mol. The van der Waals surface area contributed by atoms with Crippen molar-refractivity contribution in [3.05, 3.63) is 48.0 Å². The van der Waals surface area contributed by atoms with Gasteiger partial charge in [-0.15, -0.1) is 0 Å². The van der Waals surface area contributed by atoms with Crippen LogP contribution < -0.4 is 0 Å². The molecule has 138 valence electrons. The van der Waals surface area contributed by atoms with E-state index >= 15 is 0 Å². The highest BCUT2D eigenvalue weighted by Gasteiger charge is 2.25. The second kappa shape index (κ2) is 9.87. The number of ether oxygens (including phenoxy) is 2. The van der Waals surface area contributed by atoms with Crippen molar-refractivity contribution in [3.8, 4) is 0 Å². The van der Waals surface area contributed by atoms with E-state index in [4.69, 9.17) is 4.74 Å². The Morgan fingerprint density at radius 1 is 1.16 bits per heavy atom. The SMILES string of the molecule is COC(=O)C/C=C/CC(C)N(Cc1ccccc1)C(=O)OC(C)(C)C. The molecule has 1 amide bonds. The fourth-order valence-corrected chi connectivity index (χ4v) is 2.18. The fraction of sp³-hybridized carbons (Fsp3) is 0.500. The summed E-state index contributed by atoms with van der Waals surface area (Å²) in [6, 6.07) is 9.74. The third-order valence-electron chi connectivity index (χ3n) is 3.51. The van der Waals surface area contributed by atoms with Crippen molar-refractivity contribution in [2.75, 3.05) is 7.11 Å². The van der Waals surface area contributed by atoms with E-state index in [2.05, 4.69) is 4.74 Å². The maximum atomic E-state index is 12.6. The van der Waals surface area contributed by atoms with Crippen molar-refractivity contribution < 1.29 is 19.1 Å². The average Bonchev–Trinajstić information content (AvgIpc) is 2.55. The van der Waals surface area contributed by atoms with Crippen LogP contribution in [0.1, 0.15) is 46.1 Å². The Balaban J connectivity index is 2.78. The van der Waals surface area contributed by atoms with E-state index in [0.29, 0.717) is 13.0 Å². The second-order valence-corrected chi connectivity index (χ2v) is 6.93. The summed E-state index contributed by atoms with van der Waals surface area (Å²) in [5.74, 6) is -0.280. The highest BCUT2D eigenvalue weighted by Crippen LogP contribution is 2.17. The molecule has 0 fully saturated rings. The fourth-order valence-electron chi connectivity index (χ4n) is 2.18. The number of carbonyl (C=O) groups excluding carboxylic acids is 2. The van der Waals surface area contributed by atoms with Gasteiger partial charge >= 0.3 is 12.1 Å². The van der Waals surface area contributed by atoms with Gasteiger partial charge in [-0.3, -0.25) is 4.79 Å². The summed E-state index contributed by atoms with van der Waals surface area (Å²) in [5, 5.41) is 0. The Morgan fingerprint density at radius 2 is 1.80 bits per heavy atom. The van der Waals surface area contributed by atoms with E-state index in [-0.39, 0.29) is 24.5 Å². The normalized spacial score (nSPS) is 12.7. The number of carbonyl (C=O) groups is 2. The van der Waals surface area contributed by atoms with Gasteiger partial charge in [0.05, 0.1) is 13.5 Å². The summed E-state index contributed by atoms with van der Waals surface area (Å²) in [5.41, 5.74) is 0.491. The molecule has 1 atom stereocenters. The minimum absolute atomic E-state index is 0.0658. The van der Waals surface area contributed by atoms with Gasteiger partial charge < -0.3 is 14.4 Å². The summed E-state index contributed by atoms with van der Waals surface area (Å²) in [6.45, 7) is 8.00. The van der Waals surface area contributed by atoms with Gasteiger partial charge in [-0.1, -0.05) is 42.5 Å². The molecule has 0 aromatic heterocycles. The Hall–Kier alpha value is -2.30. The van der Waals surface area contributed by atoms with Gasteiger partial charge in [-0.05, 0) is 39.7 Å². The zero-order chi connectivity index (χ0) is 18.9. The molecule has 5 heteroatoms. The van der Waals surface area contributed by atoms with E-state index in [0.717, 1.165) is 5.56 Å². The molecule has 1 aromatic rings. The molecule has 0 heterocycles. The van der Waals surface area contributed by atoms with E-state index in [1.807, 2.05) is 64.1 Å². The first-order valence-corrected chi connectivity index (χ1v) is 8.48. The van der Waals surface area contributed by atoms with Crippen LogP contribution in [0.3, 0.4) is 0 Å². The number of benzene rings is 1. The van der Waals surface area contributed by atoms with Crippen LogP contribution in [0.25, 0.3) is 0 Å². The highest BCUT2D eigenvalue weighted by atomic mass is 16.6. The Kier molecular flexibility index (Phi) is 8.19. The van der Waals surface area contributed by atoms with Gasteiger partial charge in [0.1, 0.15) is 5.60 Å². The lowest BCUT2D eigenvalue weighted by Gasteiger charge is -2.31. The topological polar surface area (TPSA) is 55.8 Å². The molecule has 0 N–H and O–H groups in total. The van der Waals surface area contributed by atoms with Crippen LogP contribution in [0, 0.1) is 0 Å². The van der Waals surface area contributed by atoms with Crippen molar-refractivity contribution >= 4 is 12.1 Å². The van der Waals surface area contributed by atoms with Gasteiger partial charge in [-0.25, -0.2) is 4.79 Å². The Morgan fingerprint density at radius 3 is 2.36 bits per heavy atom. The molecule has 0 spiro atoms. The van der Waals surface area contributed by atoms with E-state index in [1.54, 1.807) is 11.0 Å². The van der Waals surface area contributed by atoms with Crippen molar-refractivity contribution in [2.45, 2.75) is 58.7 Å². The molecule has 0 saturated carbocycles. The first-order chi connectivity index (χ1) is 11.7. The summed E-state index contributed by atoms with van der Waals surface area (Å²) < 4.78 is 10.1. The molecule has 1 rings (SSSR count). The van der Waals surface area contributed by atoms with Crippen molar-refractivity contribution in [3.63, 3.8) is 0 Å². The smallest absolute Gasteiger partial charge is 0.410 e. The quantitative estimate of drug-likeness (QED) is 0.544. The second-order valence-electron chi connectivity index (χ2n) is 6.93. The van der Waals surface area contributed by atoms with Crippen LogP contribution in [-0.2, 0) is 20.8 Å². The standard InChI is InChI=1S/C20H29NO4/c1-16(11-9-10-14-18(22)24-5)21(19(23)25-20(2,3)4)15-17-12-7-6-8-13-17/h6-10,12-13,16H,11,14-15H2,1-5H3/b10-9+. The zero-order valence-electron chi connectivity index (χ0n) is 15.8. The number of esters is 1. The lowest BCUT2D eigenvalue weighted by molar-refractivity contribution is -0.139. The molecule has 0 radical (unpaired) electrons. The molecule has 25 heavy (non-hydrogen) atoms. The molecule has 1 unspecified atom stereocenters. The first kappa shape index (κ1) is 20.7. The van der Waals surface area contributed by atoms with E-state index in [9.17, 15) is 9.59 Å². The van der Waals surface area contributed by atoms with Crippen LogP contribution in [0.2, 0.25) is 0 Å². The number of hydrogen-bond donors (Lipinski definition) is 0. The monoisotopic (exact) mass is 347 g/mol. The largest absolute Gasteiger partial charge is 0.469 e. The van der Waals surface area contributed by atoms with Crippen molar-refractivity contribution in [2.24, 2.45) is 0 Å². The highest BCUT2D eigenvalue weighted by molar-refractivity contribution is 5.71. The van der Waals surface area contributed by atoms with Gasteiger partial charge in [0.25, 0.3) is 0 Å². The summed E-state index contributed by atoms with van der Waals surface area (Å²) in [6.07, 6.45) is 4.17. The predicted molar refractivity (Wildman–Crippen MR) is 98.1 cm³/mol. The third-order valence-corrected chi connectivity index (χ3v) is 3.51. The number of amides is 1. The maximum absolute atomic E-state index is 12.6.